The van der Waals surface area contributed by atoms with Crippen LogP contribution in [0.3, 0.4) is 0 Å². The maximum Gasteiger partial charge on any atom is 0.322 e. The molecule has 0 aliphatic rings. The minimum absolute atomic E-state index is 0.273. The minimum Gasteiger partial charge on any atom is -0.468 e. The van der Waals surface area contributed by atoms with Crippen molar-refractivity contribution in [2.24, 2.45) is 5.73 Å². The van der Waals surface area contributed by atoms with E-state index in [1.807, 2.05) is 0 Å². The molecular weight excluding hydrogens is 172 g/mol. The fraction of sp³-hybridized carbons (Fsp3) is 0.875. The van der Waals surface area contributed by atoms with Gasteiger partial charge in [0.15, 0.2) is 0 Å². The van der Waals surface area contributed by atoms with E-state index in [1.54, 1.807) is 7.11 Å². The fourth-order valence-electron chi connectivity index (χ4n) is 0.951. The lowest BCUT2D eigenvalue weighted by molar-refractivity contribution is -0.143. The first-order valence-electron chi connectivity index (χ1n) is 4.26. The second kappa shape index (κ2) is 7.97. The Bertz CT molecular complexity index is 133. The second-order valence-corrected chi connectivity index (χ2v) is 2.64. The molecule has 3 N–H and O–H groups in total. The molecule has 0 aromatic heterocycles. The van der Waals surface area contributed by atoms with Crippen LogP contribution in [-0.2, 0) is 14.3 Å². The lowest BCUT2D eigenvalue weighted by atomic mass is 10.1. The summed E-state index contributed by atoms with van der Waals surface area (Å²) in [5.41, 5.74) is 5.34. The van der Waals surface area contributed by atoms with Gasteiger partial charge in [-0.3, -0.25) is 10.1 Å². The van der Waals surface area contributed by atoms with Crippen molar-refractivity contribution in [3.8, 4) is 0 Å². The van der Waals surface area contributed by atoms with Gasteiger partial charge < -0.3 is 15.2 Å². The number of hydrogen-bond acceptors (Lipinski definition) is 5. The van der Waals surface area contributed by atoms with Gasteiger partial charge in [-0.25, -0.2) is 0 Å². The summed E-state index contributed by atoms with van der Waals surface area (Å²) >= 11 is 0. The zero-order valence-corrected chi connectivity index (χ0v) is 8.21. The molecule has 5 nitrogen and oxygen atoms in total. The van der Waals surface area contributed by atoms with Gasteiger partial charge in [-0.2, -0.15) is 0 Å². The first kappa shape index (κ1) is 12.3. The Morgan fingerprint density at radius 3 is 2.69 bits per heavy atom. The van der Waals surface area contributed by atoms with Crippen molar-refractivity contribution in [1.82, 2.24) is 5.32 Å². The van der Waals surface area contributed by atoms with Gasteiger partial charge in [0.2, 0.25) is 0 Å². The van der Waals surface area contributed by atoms with Crippen LogP contribution < -0.4 is 11.1 Å². The highest BCUT2D eigenvalue weighted by atomic mass is 16.5. The van der Waals surface area contributed by atoms with Gasteiger partial charge in [-0.05, 0) is 19.4 Å². The summed E-state index contributed by atoms with van der Waals surface area (Å²) in [4.78, 5) is 11.1. The summed E-state index contributed by atoms with van der Waals surface area (Å²) in [6, 6.07) is -0.312. The van der Waals surface area contributed by atoms with Crippen molar-refractivity contribution in [1.29, 1.82) is 0 Å². The molecule has 5 heteroatoms. The van der Waals surface area contributed by atoms with Crippen LogP contribution in [-0.4, -0.2) is 39.5 Å². The van der Waals surface area contributed by atoms with E-state index in [-0.39, 0.29) is 12.0 Å². The SMILES string of the molecule is COCN[C@@H](CCCN)C(=O)OC. The monoisotopic (exact) mass is 190 g/mol. The van der Waals surface area contributed by atoms with E-state index in [9.17, 15) is 4.79 Å². The molecule has 0 aromatic rings. The minimum atomic E-state index is -0.312. The van der Waals surface area contributed by atoms with Crippen LogP contribution in [0.15, 0.2) is 0 Å². The number of esters is 1. The molecule has 0 saturated heterocycles. The van der Waals surface area contributed by atoms with Gasteiger partial charge in [0.25, 0.3) is 0 Å². The van der Waals surface area contributed by atoms with E-state index in [2.05, 4.69) is 10.1 Å². The predicted octanol–water partition coefficient (Wildman–Crippen LogP) is -0.540. The normalized spacial score (nSPS) is 12.5. The van der Waals surface area contributed by atoms with E-state index in [1.165, 1.54) is 7.11 Å². The number of nitrogens with one attached hydrogen (secondary N) is 1. The molecule has 78 valence electrons. The average Bonchev–Trinajstić information content (AvgIpc) is 2.17. The van der Waals surface area contributed by atoms with Gasteiger partial charge >= 0.3 is 5.97 Å². The summed E-state index contributed by atoms with van der Waals surface area (Å²) in [6.07, 6.45) is 1.46. The number of nitrogens with two attached hydrogens (primary N) is 1. The zero-order chi connectivity index (χ0) is 10.1. The number of ether oxygens (including phenoxy) is 2. The number of rotatable bonds is 7. The topological polar surface area (TPSA) is 73.6 Å². The van der Waals surface area contributed by atoms with Crippen LogP contribution >= 0.6 is 0 Å². The summed E-state index contributed by atoms with van der Waals surface area (Å²) in [6.45, 7) is 0.909. The third-order valence-corrected chi connectivity index (χ3v) is 1.66. The molecule has 0 amide bonds. The van der Waals surface area contributed by atoms with Crippen molar-refractivity contribution in [2.75, 3.05) is 27.5 Å². The van der Waals surface area contributed by atoms with Crippen LogP contribution in [0.1, 0.15) is 12.8 Å². The van der Waals surface area contributed by atoms with Crippen molar-refractivity contribution in [3.05, 3.63) is 0 Å². The Kier molecular flexibility index (Phi) is 7.57. The molecule has 13 heavy (non-hydrogen) atoms. The Hall–Kier alpha value is -0.650. The largest absolute Gasteiger partial charge is 0.468 e. The number of methoxy groups -OCH3 is 2. The number of hydrogen-bond donors (Lipinski definition) is 2. The third-order valence-electron chi connectivity index (χ3n) is 1.66. The average molecular weight is 190 g/mol. The van der Waals surface area contributed by atoms with Crippen molar-refractivity contribution in [2.45, 2.75) is 18.9 Å². The van der Waals surface area contributed by atoms with Crippen LogP contribution in [0, 0.1) is 0 Å². The Balaban J connectivity index is 3.79. The first-order chi connectivity index (χ1) is 6.26. The maximum atomic E-state index is 11.1. The predicted molar refractivity (Wildman–Crippen MR) is 49.1 cm³/mol. The van der Waals surface area contributed by atoms with Crippen LogP contribution in [0.2, 0.25) is 0 Å². The lowest BCUT2D eigenvalue weighted by Gasteiger charge is -2.14. The fourth-order valence-corrected chi connectivity index (χ4v) is 0.951. The number of carbonyl (C=O) groups excluding carboxylic acids is 1. The lowest BCUT2D eigenvalue weighted by Crippen LogP contribution is -2.39. The van der Waals surface area contributed by atoms with Gasteiger partial charge in [0.05, 0.1) is 13.8 Å². The highest BCUT2D eigenvalue weighted by Gasteiger charge is 2.16. The highest BCUT2D eigenvalue weighted by Crippen LogP contribution is 1.98. The van der Waals surface area contributed by atoms with E-state index in [0.29, 0.717) is 19.7 Å². The van der Waals surface area contributed by atoms with E-state index in [0.717, 1.165) is 6.42 Å². The van der Waals surface area contributed by atoms with Crippen LogP contribution in [0.25, 0.3) is 0 Å². The Morgan fingerprint density at radius 2 is 2.23 bits per heavy atom. The summed E-state index contributed by atoms with van der Waals surface area (Å²) in [5.74, 6) is -0.273. The maximum absolute atomic E-state index is 11.1. The van der Waals surface area contributed by atoms with E-state index < -0.39 is 0 Å². The molecule has 1 atom stereocenters. The molecule has 0 rings (SSSR count). The summed E-state index contributed by atoms with van der Waals surface area (Å²) in [5, 5.41) is 2.90. The number of carbonyl (C=O) groups is 1. The molecule has 0 radical (unpaired) electrons. The smallest absolute Gasteiger partial charge is 0.322 e. The molecular formula is C8H18N2O3. The van der Waals surface area contributed by atoms with Crippen LogP contribution in [0.5, 0.6) is 0 Å². The van der Waals surface area contributed by atoms with Crippen molar-refractivity contribution >= 4 is 5.97 Å². The Morgan fingerprint density at radius 1 is 1.54 bits per heavy atom. The van der Waals surface area contributed by atoms with Crippen molar-refractivity contribution < 1.29 is 14.3 Å². The molecule has 0 saturated carbocycles. The summed E-state index contributed by atoms with van der Waals surface area (Å²) in [7, 11) is 2.93. The van der Waals surface area contributed by atoms with Crippen molar-refractivity contribution in [3.63, 3.8) is 0 Å². The molecule has 0 bridgehead atoms. The standard InChI is InChI=1S/C8H18N2O3/c1-12-6-10-7(4-3-5-9)8(11)13-2/h7,10H,3-6,9H2,1-2H3/t7-/m0/s1. The second-order valence-electron chi connectivity index (χ2n) is 2.64. The Labute approximate surface area is 78.6 Å². The molecule has 0 unspecified atom stereocenters. The van der Waals surface area contributed by atoms with Gasteiger partial charge in [-0.15, -0.1) is 0 Å². The molecule has 0 fully saturated rings. The molecule has 0 spiro atoms. The third kappa shape index (κ3) is 5.57. The zero-order valence-electron chi connectivity index (χ0n) is 8.21. The molecule has 0 aliphatic carbocycles. The van der Waals surface area contributed by atoms with E-state index >= 15 is 0 Å². The molecule has 0 heterocycles. The van der Waals surface area contributed by atoms with Gasteiger partial charge in [-0.1, -0.05) is 0 Å². The first-order valence-corrected chi connectivity index (χ1v) is 4.26. The van der Waals surface area contributed by atoms with Gasteiger partial charge in [0.1, 0.15) is 6.04 Å². The quantitative estimate of drug-likeness (QED) is 0.416. The highest BCUT2D eigenvalue weighted by molar-refractivity contribution is 5.75. The molecule has 0 aliphatic heterocycles. The molecule has 0 aromatic carbocycles. The van der Waals surface area contributed by atoms with Gasteiger partial charge in [0, 0.05) is 7.11 Å². The van der Waals surface area contributed by atoms with E-state index in [4.69, 9.17) is 10.5 Å². The van der Waals surface area contributed by atoms with Crippen LogP contribution in [0.4, 0.5) is 0 Å². The summed E-state index contributed by atoms with van der Waals surface area (Å²) < 4.78 is 9.41.